The molecule has 3 N–H and O–H groups in total. The van der Waals surface area contributed by atoms with Gasteiger partial charge in [-0.05, 0) is 93.9 Å². The normalized spacial score (nSPS) is 15.4. The fourth-order valence-corrected chi connectivity index (χ4v) is 6.91. The second-order valence-electron chi connectivity index (χ2n) is 15.8. The Balaban J connectivity index is 1.51. The summed E-state index contributed by atoms with van der Waals surface area (Å²) in [4.78, 5) is 84.6. The van der Waals surface area contributed by atoms with Crippen molar-refractivity contribution in [2.75, 3.05) is 56.9 Å². The molecule has 3 atom stereocenters. The first-order valence-electron chi connectivity index (χ1n) is 20.2. The van der Waals surface area contributed by atoms with E-state index < -0.39 is 66.0 Å². The minimum atomic E-state index is -1.40. The number of likely N-dealkylation sites (N-methyl/N-ethyl adjacent to an activating group) is 1. The Hall–Kier alpha value is -7.03. The van der Waals surface area contributed by atoms with Crippen LogP contribution in [0.25, 0.3) is 10.8 Å². The lowest BCUT2D eigenvalue weighted by Crippen LogP contribution is -2.60. The van der Waals surface area contributed by atoms with Gasteiger partial charge in [0, 0.05) is 30.3 Å². The zero-order valence-corrected chi connectivity index (χ0v) is 36.3. The second kappa shape index (κ2) is 20.7. The number of nitrogens with one attached hydrogen (secondary N) is 2. The minimum absolute atomic E-state index is 0.0654. The van der Waals surface area contributed by atoms with Gasteiger partial charge in [-0.2, -0.15) is 5.26 Å². The molecule has 63 heavy (non-hydrogen) atoms. The number of anilines is 2. The van der Waals surface area contributed by atoms with Gasteiger partial charge in [-0.1, -0.05) is 30.3 Å². The SMILES string of the molecule is COc1ccc2ccccc2c1CN1C(=O)[C@@H](NC(=O)[C@@H](C)N(C)C(=O)OC(C)(C)C)[C@@H](C)N(C(=O)c2ccc(C(=O)NCCOCCOCC(=O)O)cc2)c2cc(C#N)ccc21. The molecule has 0 aromatic heterocycles. The molecule has 0 aliphatic carbocycles. The summed E-state index contributed by atoms with van der Waals surface area (Å²) < 4.78 is 21.6. The molecular weight excluding hydrogens is 813 g/mol. The molecular formula is C46H52N6O11. The highest BCUT2D eigenvalue weighted by Crippen LogP contribution is 2.40. The molecule has 332 valence electrons. The lowest BCUT2D eigenvalue weighted by molar-refractivity contribution is -0.142. The zero-order valence-electron chi connectivity index (χ0n) is 36.3. The highest BCUT2D eigenvalue weighted by Gasteiger charge is 2.44. The molecule has 1 heterocycles. The van der Waals surface area contributed by atoms with Gasteiger partial charge < -0.3 is 44.5 Å². The Morgan fingerprint density at radius 2 is 1.60 bits per heavy atom. The summed E-state index contributed by atoms with van der Waals surface area (Å²) in [6.45, 7) is 8.20. The maximum Gasteiger partial charge on any atom is 0.410 e. The average Bonchev–Trinajstić information content (AvgIpc) is 3.33. The maximum absolute atomic E-state index is 15.2. The Bertz CT molecular complexity index is 2390. The molecule has 17 heteroatoms. The van der Waals surface area contributed by atoms with Crippen LogP contribution in [0.15, 0.2) is 78.9 Å². The third-order valence-electron chi connectivity index (χ3n) is 10.3. The van der Waals surface area contributed by atoms with Crippen LogP contribution in [0.4, 0.5) is 16.2 Å². The molecule has 0 spiro atoms. The molecule has 1 aliphatic heterocycles. The molecule has 0 radical (unpaired) electrons. The van der Waals surface area contributed by atoms with Crippen LogP contribution in [0.1, 0.15) is 66.5 Å². The van der Waals surface area contributed by atoms with Crippen LogP contribution in [-0.4, -0.2) is 117 Å². The van der Waals surface area contributed by atoms with Crippen molar-refractivity contribution in [1.82, 2.24) is 15.5 Å². The number of hydrogen-bond donors (Lipinski definition) is 3. The van der Waals surface area contributed by atoms with Gasteiger partial charge in [-0.15, -0.1) is 0 Å². The predicted octanol–water partition coefficient (Wildman–Crippen LogP) is 4.89. The number of carboxylic acid groups (broad SMARTS) is 1. The standard InChI is InChI=1S/C46H52N6O11/c1-28-40(49-41(55)29(2)50(6)45(59)63-46(3,4)5)44(58)51(26-35-34-11-9-8-10-31(34)17-19-38(35)60-7)36-18-12-30(25-47)24-37(36)52(28)43(57)33-15-13-32(14-16-33)42(56)48-20-21-61-22-23-62-27-39(53)54/h8-19,24,28-29,40H,20-23,26-27H2,1-7H3,(H,48,56)(H,49,55)(H,53,54)/t28-,29-,40+/m1/s1. The van der Waals surface area contributed by atoms with E-state index in [0.717, 1.165) is 15.7 Å². The highest BCUT2D eigenvalue weighted by atomic mass is 16.6. The van der Waals surface area contributed by atoms with E-state index in [2.05, 4.69) is 16.7 Å². The number of ether oxygens (including phenoxy) is 4. The van der Waals surface area contributed by atoms with Crippen molar-refractivity contribution >= 4 is 57.8 Å². The number of benzene rings is 4. The number of nitrogens with zero attached hydrogens (tertiary/aromatic N) is 4. The summed E-state index contributed by atoms with van der Waals surface area (Å²) in [5, 5.41) is 26.0. The number of aliphatic carboxylic acids is 1. The summed E-state index contributed by atoms with van der Waals surface area (Å²) in [5.41, 5.74) is 0.877. The van der Waals surface area contributed by atoms with E-state index in [1.54, 1.807) is 39.8 Å². The lowest BCUT2D eigenvalue weighted by atomic mass is 10.0. The highest BCUT2D eigenvalue weighted by molar-refractivity contribution is 6.14. The number of carboxylic acids is 1. The molecule has 4 aromatic carbocycles. The molecule has 5 rings (SSSR count). The molecule has 1 aliphatic rings. The van der Waals surface area contributed by atoms with Crippen molar-refractivity contribution < 1.29 is 52.8 Å². The molecule has 0 saturated carbocycles. The molecule has 17 nitrogen and oxygen atoms in total. The van der Waals surface area contributed by atoms with Crippen LogP contribution >= 0.6 is 0 Å². The maximum atomic E-state index is 15.2. The van der Waals surface area contributed by atoms with Gasteiger partial charge in [0.05, 0.1) is 62.5 Å². The van der Waals surface area contributed by atoms with E-state index in [1.165, 1.54) is 67.3 Å². The van der Waals surface area contributed by atoms with Gasteiger partial charge >= 0.3 is 12.1 Å². The summed E-state index contributed by atoms with van der Waals surface area (Å²) in [5.74, 6) is -2.91. The van der Waals surface area contributed by atoms with Gasteiger partial charge in [0.1, 0.15) is 30.0 Å². The van der Waals surface area contributed by atoms with Crippen LogP contribution in [0, 0.1) is 11.3 Å². The fraction of sp³-hybridized carbons (Fsp3) is 0.370. The zero-order chi connectivity index (χ0) is 46.0. The topological polar surface area (TPSA) is 217 Å². The second-order valence-corrected chi connectivity index (χ2v) is 15.8. The third-order valence-corrected chi connectivity index (χ3v) is 10.3. The third kappa shape index (κ3) is 11.5. The summed E-state index contributed by atoms with van der Waals surface area (Å²) >= 11 is 0. The monoisotopic (exact) mass is 864 g/mol. The Morgan fingerprint density at radius 3 is 2.27 bits per heavy atom. The minimum Gasteiger partial charge on any atom is -0.496 e. The van der Waals surface area contributed by atoms with Crippen LogP contribution in [0.3, 0.4) is 0 Å². The van der Waals surface area contributed by atoms with Gasteiger partial charge in [-0.3, -0.25) is 24.1 Å². The largest absolute Gasteiger partial charge is 0.496 e. The number of methoxy groups -OCH3 is 1. The fourth-order valence-electron chi connectivity index (χ4n) is 6.91. The summed E-state index contributed by atoms with van der Waals surface area (Å²) in [6.07, 6.45) is -0.756. The Labute approximate surface area is 365 Å². The van der Waals surface area contributed by atoms with Crippen molar-refractivity contribution in [3.05, 3.63) is 101 Å². The van der Waals surface area contributed by atoms with E-state index in [4.69, 9.17) is 24.1 Å². The van der Waals surface area contributed by atoms with E-state index in [9.17, 15) is 29.2 Å². The van der Waals surface area contributed by atoms with Gasteiger partial charge in [0.2, 0.25) is 5.91 Å². The first-order valence-corrected chi connectivity index (χ1v) is 20.2. The van der Waals surface area contributed by atoms with Crippen molar-refractivity contribution in [3.63, 3.8) is 0 Å². The molecule has 4 aromatic rings. The molecule has 0 unspecified atom stereocenters. The van der Waals surface area contributed by atoms with Crippen molar-refractivity contribution in [3.8, 4) is 11.8 Å². The average molecular weight is 865 g/mol. The summed E-state index contributed by atoms with van der Waals surface area (Å²) in [7, 11) is 2.93. The molecule has 0 saturated heterocycles. The number of amides is 5. The van der Waals surface area contributed by atoms with Crippen LogP contribution in [0.5, 0.6) is 5.75 Å². The smallest absolute Gasteiger partial charge is 0.410 e. The quantitative estimate of drug-likeness (QED) is 0.128. The van der Waals surface area contributed by atoms with E-state index in [-0.39, 0.29) is 61.0 Å². The van der Waals surface area contributed by atoms with Crippen LogP contribution < -0.4 is 25.2 Å². The number of fused-ring (bicyclic) bond motifs is 2. The summed E-state index contributed by atoms with van der Waals surface area (Å²) in [6, 6.07) is 20.3. The van der Waals surface area contributed by atoms with Crippen molar-refractivity contribution in [2.45, 2.75) is 64.9 Å². The Kier molecular flexibility index (Phi) is 15.4. The number of rotatable bonds is 16. The first-order chi connectivity index (χ1) is 29.9. The number of nitriles is 1. The van der Waals surface area contributed by atoms with Gasteiger partial charge in [-0.25, -0.2) is 9.59 Å². The molecule has 0 bridgehead atoms. The van der Waals surface area contributed by atoms with E-state index in [0.29, 0.717) is 11.3 Å². The molecule has 0 fully saturated rings. The van der Waals surface area contributed by atoms with E-state index >= 15 is 4.79 Å². The number of carbonyl (C=O) groups is 6. The van der Waals surface area contributed by atoms with Crippen LogP contribution in [0.2, 0.25) is 0 Å². The van der Waals surface area contributed by atoms with Gasteiger partial charge in [0.25, 0.3) is 17.7 Å². The van der Waals surface area contributed by atoms with Crippen LogP contribution in [-0.2, 0) is 35.1 Å². The number of hydrogen-bond acceptors (Lipinski definition) is 11. The number of carbonyl (C=O) groups excluding carboxylic acids is 5. The van der Waals surface area contributed by atoms with Crippen molar-refractivity contribution in [1.29, 1.82) is 5.26 Å². The Morgan fingerprint density at radius 1 is 0.921 bits per heavy atom. The van der Waals surface area contributed by atoms with Crippen molar-refractivity contribution in [2.24, 2.45) is 0 Å². The first kappa shape index (κ1) is 47.0. The lowest BCUT2D eigenvalue weighted by Gasteiger charge is -2.34. The van der Waals surface area contributed by atoms with E-state index in [1.807, 2.05) is 30.3 Å². The molecule has 5 amide bonds. The van der Waals surface area contributed by atoms with Gasteiger partial charge in [0.15, 0.2) is 0 Å². The predicted molar refractivity (Wildman–Crippen MR) is 233 cm³/mol.